The average molecular weight is 377 g/mol. The smallest absolute Gasteiger partial charge is 0.271 e. The van der Waals surface area contributed by atoms with E-state index in [1.807, 2.05) is 24.3 Å². The number of nitrogens with one attached hydrogen (secondary N) is 2. The van der Waals surface area contributed by atoms with E-state index in [1.165, 1.54) is 6.20 Å². The van der Waals surface area contributed by atoms with Crippen LogP contribution in [-0.2, 0) is 4.74 Å². The standard InChI is InChI=1S/C16H17BrN4O2/c17-11-3-1-4-12(7-11)21-15-10-18-14(9-19-15)16(22)20-8-13-5-2-6-23-13/h1,3-4,7,9-10,13H,2,5-6,8H2,(H,19,21)(H,20,22). The zero-order chi connectivity index (χ0) is 16.1. The highest BCUT2D eigenvalue weighted by atomic mass is 79.9. The van der Waals surface area contributed by atoms with Gasteiger partial charge in [-0.25, -0.2) is 9.97 Å². The number of aromatic nitrogens is 2. The second-order valence-electron chi connectivity index (χ2n) is 5.27. The Kier molecular flexibility index (Phi) is 5.19. The van der Waals surface area contributed by atoms with E-state index in [0.717, 1.165) is 29.6 Å². The van der Waals surface area contributed by atoms with Gasteiger partial charge in [0.25, 0.3) is 5.91 Å². The number of amides is 1. The molecule has 6 nitrogen and oxygen atoms in total. The SMILES string of the molecule is O=C(NCC1CCCO1)c1cnc(Nc2cccc(Br)c2)cn1. The van der Waals surface area contributed by atoms with Gasteiger partial charge in [0.15, 0.2) is 0 Å². The van der Waals surface area contributed by atoms with Crippen molar-refractivity contribution < 1.29 is 9.53 Å². The highest BCUT2D eigenvalue weighted by molar-refractivity contribution is 9.10. The Bertz CT molecular complexity index is 672. The van der Waals surface area contributed by atoms with Gasteiger partial charge in [-0.3, -0.25) is 4.79 Å². The quantitative estimate of drug-likeness (QED) is 0.838. The van der Waals surface area contributed by atoms with E-state index in [2.05, 4.69) is 36.5 Å². The molecule has 1 saturated heterocycles. The van der Waals surface area contributed by atoms with Gasteiger partial charge in [0, 0.05) is 23.3 Å². The zero-order valence-corrected chi connectivity index (χ0v) is 14.0. The van der Waals surface area contributed by atoms with E-state index < -0.39 is 0 Å². The molecule has 1 aromatic carbocycles. The van der Waals surface area contributed by atoms with Gasteiger partial charge >= 0.3 is 0 Å². The van der Waals surface area contributed by atoms with Gasteiger partial charge in [-0.05, 0) is 31.0 Å². The third-order valence-electron chi connectivity index (χ3n) is 3.50. The summed E-state index contributed by atoms with van der Waals surface area (Å²) in [6, 6.07) is 7.73. The Morgan fingerprint density at radius 2 is 2.26 bits per heavy atom. The van der Waals surface area contributed by atoms with Crippen molar-refractivity contribution in [1.29, 1.82) is 0 Å². The highest BCUT2D eigenvalue weighted by Crippen LogP contribution is 2.18. The van der Waals surface area contributed by atoms with Gasteiger partial charge in [0.2, 0.25) is 0 Å². The Balaban J connectivity index is 1.56. The molecule has 1 amide bonds. The highest BCUT2D eigenvalue weighted by Gasteiger charge is 2.17. The van der Waals surface area contributed by atoms with Crippen LogP contribution in [0.3, 0.4) is 0 Å². The summed E-state index contributed by atoms with van der Waals surface area (Å²) >= 11 is 3.41. The van der Waals surface area contributed by atoms with Crippen LogP contribution in [0.5, 0.6) is 0 Å². The normalized spacial score (nSPS) is 17.0. The number of carbonyl (C=O) groups excluding carboxylic acids is 1. The molecule has 2 aromatic rings. The monoisotopic (exact) mass is 376 g/mol. The third kappa shape index (κ3) is 4.49. The molecule has 2 heterocycles. The fourth-order valence-electron chi connectivity index (χ4n) is 2.33. The van der Waals surface area contributed by atoms with Crippen molar-refractivity contribution in [3.8, 4) is 0 Å². The second-order valence-corrected chi connectivity index (χ2v) is 6.18. The Labute approximate surface area is 142 Å². The number of hydrogen-bond acceptors (Lipinski definition) is 5. The minimum atomic E-state index is -0.234. The molecule has 1 aliphatic heterocycles. The van der Waals surface area contributed by atoms with E-state index in [-0.39, 0.29) is 12.0 Å². The molecule has 1 atom stereocenters. The topological polar surface area (TPSA) is 76.1 Å². The zero-order valence-electron chi connectivity index (χ0n) is 12.5. The van der Waals surface area contributed by atoms with Crippen LogP contribution >= 0.6 is 15.9 Å². The van der Waals surface area contributed by atoms with Crippen LogP contribution in [0.15, 0.2) is 41.1 Å². The average Bonchev–Trinajstić information content (AvgIpc) is 3.07. The molecular formula is C16H17BrN4O2. The van der Waals surface area contributed by atoms with Gasteiger partial charge in [0.05, 0.1) is 18.5 Å². The first-order chi connectivity index (χ1) is 11.2. The van der Waals surface area contributed by atoms with Crippen LogP contribution in [0.25, 0.3) is 0 Å². The predicted octanol–water partition coefficient (Wildman–Crippen LogP) is 2.89. The predicted molar refractivity (Wildman–Crippen MR) is 90.8 cm³/mol. The van der Waals surface area contributed by atoms with Crippen molar-refractivity contribution in [3.05, 3.63) is 46.8 Å². The first-order valence-corrected chi connectivity index (χ1v) is 8.24. The fourth-order valence-corrected chi connectivity index (χ4v) is 2.73. The number of benzene rings is 1. The lowest BCUT2D eigenvalue weighted by atomic mass is 10.2. The maximum atomic E-state index is 12.0. The summed E-state index contributed by atoms with van der Waals surface area (Å²) in [5, 5.41) is 5.96. The molecule has 2 N–H and O–H groups in total. The Hall–Kier alpha value is -1.99. The lowest BCUT2D eigenvalue weighted by Gasteiger charge is -2.10. The maximum absolute atomic E-state index is 12.0. The summed E-state index contributed by atoms with van der Waals surface area (Å²) in [7, 11) is 0. The van der Waals surface area contributed by atoms with Crippen LogP contribution in [0, 0.1) is 0 Å². The Morgan fingerprint density at radius 1 is 1.35 bits per heavy atom. The fraction of sp³-hybridized carbons (Fsp3) is 0.312. The van der Waals surface area contributed by atoms with E-state index in [1.54, 1.807) is 6.20 Å². The molecule has 23 heavy (non-hydrogen) atoms. The molecule has 0 radical (unpaired) electrons. The van der Waals surface area contributed by atoms with Crippen molar-refractivity contribution in [2.45, 2.75) is 18.9 Å². The minimum Gasteiger partial charge on any atom is -0.376 e. The van der Waals surface area contributed by atoms with E-state index in [0.29, 0.717) is 18.1 Å². The number of nitrogens with zero attached hydrogens (tertiary/aromatic N) is 2. The van der Waals surface area contributed by atoms with Gasteiger partial charge in [-0.2, -0.15) is 0 Å². The lowest BCUT2D eigenvalue weighted by molar-refractivity contribution is 0.0853. The summed E-state index contributed by atoms with van der Waals surface area (Å²) in [4.78, 5) is 20.4. The van der Waals surface area contributed by atoms with Crippen molar-refractivity contribution in [2.75, 3.05) is 18.5 Å². The molecule has 0 saturated carbocycles. The van der Waals surface area contributed by atoms with Crippen molar-refractivity contribution >= 4 is 33.3 Å². The molecule has 0 bridgehead atoms. The van der Waals surface area contributed by atoms with E-state index in [4.69, 9.17) is 4.74 Å². The van der Waals surface area contributed by atoms with Gasteiger partial charge in [-0.1, -0.05) is 22.0 Å². The molecular weight excluding hydrogens is 360 g/mol. The molecule has 1 aromatic heterocycles. The van der Waals surface area contributed by atoms with Crippen molar-refractivity contribution in [2.24, 2.45) is 0 Å². The molecule has 0 spiro atoms. The molecule has 1 aliphatic rings. The molecule has 1 fully saturated rings. The van der Waals surface area contributed by atoms with Crippen LogP contribution < -0.4 is 10.6 Å². The third-order valence-corrected chi connectivity index (χ3v) is 3.99. The number of rotatable bonds is 5. The first-order valence-electron chi connectivity index (χ1n) is 7.45. The molecule has 3 rings (SSSR count). The summed E-state index contributed by atoms with van der Waals surface area (Å²) in [5.41, 5.74) is 1.19. The van der Waals surface area contributed by atoms with Crippen LogP contribution in [-0.4, -0.2) is 35.1 Å². The second kappa shape index (κ2) is 7.52. The minimum absolute atomic E-state index is 0.115. The van der Waals surface area contributed by atoms with Gasteiger partial charge in [-0.15, -0.1) is 0 Å². The van der Waals surface area contributed by atoms with Crippen LogP contribution in [0.1, 0.15) is 23.3 Å². The number of ether oxygens (including phenoxy) is 1. The summed E-state index contributed by atoms with van der Waals surface area (Å²) in [6.45, 7) is 1.29. The molecule has 1 unspecified atom stereocenters. The Morgan fingerprint density at radius 3 is 2.96 bits per heavy atom. The molecule has 120 valence electrons. The summed E-state index contributed by atoms with van der Waals surface area (Å²) in [6.07, 6.45) is 5.16. The van der Waals surface area contributed by atoms with Crippen molar-refractivity contribution in [3.63, 3.8) is 0 Å². The number of anilines is 2. The summed E-state index contributed by atoms with van der Waals surface area (Å²) < 4.78 is 6.44. The van der Waals surface area contributed by atoms with Crippen LogP contribution in [0.4, 0.5) is 11.5 Å². The lowest BCUT2D eigenvalue weighted by Crippen LogP contribution is -2.32. The number of hydrogen-bond donors (Lipinski definition) is 2. The van der Waals surface area contributed by atoms with E-state index in [9.17, 15) is 4.79 Å². The van der Waals surface area contributed by atoms with Gasteiger partial charge < -0.3 is 15.4 Å². The van der Waals surface area contributed by atoms with Crippen molar-refractivity contribution in [1.82, 2.24) is 15.3 Å². The number of carbonyl (C=O) groups is 1. The maximum Gasteiger partial charge on any atom is 0.271 e. The summed E-state index contributed by atoms with van der Waals surface area (Å²) in [5.74, 6) is 0.348. The molecule has 7 heteroatoms. The van der Waals surface area contributed by atoms with Crippen LogP contribution in [0.2, 0.25) is 0 Å². The molecule has 0 aliphatic carbocycles. The largest absolute Gasteiger partial charge is 0.376 e. The van der Waals surface area contributed by atoms with Gasteiger partial charge in [0.1, 0.15) is 11.5 Å². The van der Waals surface area contributed by atoms with E-state index >= 15 is 0 Å². The number of halogens is 1. The first kappa shape index (κ1) is 15.9.